The highest BCUT2D eigenvalue weighted by Crippen LogP contribution is 2.21. The maximum absolute atomic E-state index is 11.1. The van der Waals surface area contributed by atoms with Crippen LogP contribution in [0.5, 0.6) is 0 Å². The standard InChI is InChI=1S/C9H8ClNOS/c1-13(12)9-5-6-4-7(10)2-3-8(6)11-9/h2-5,11H,1H3. The van der Waals surface area contributed by atoms with E-state index in [0.29, 0.717) is 5.02 Å². The molecular weight excluding hydrogens is 206 g/mol. The Hall–Kier alpha value is -0.640. The van der Waals surface area contributed by atoms with Crippen molar-refractivity contribution >= 4 is 33.7 Å². The quantitative estimate of drug-likeness (QED) is 0.727. The minimum atomic E-state index is -0.967. The van der Waals surface area contributed by atoms with Gasteiger partial charge in [0.05, 0.1) is 0 Å². The van der Waals surface area contributed by atoms with Crippen LogP contribution in [0.15, 0.2) is 29.3 Å². The van der Waals surface area contributed by atoms with Gasteiger partial charge in [-0.2, -0.15) is 0 Å². The van der Waals surface area contributed by atoms with Gasteiger partial charge in [0.1, 0.15) is 6.26 Å². The normalized spacial score (nSPS) is 13.5. The van der Waals surface area contributed by atoms with Crippen LogP contribution < -0.4 is 0 Å². The average Bonchev–Trinajstić information content (AvgIpc) is 2.46. The molecule has 1 atom stereocenters. The maximum atomic E-state index is 11.1. The summed E-state index contributed by atoms with van der Waals surface area (Å²) in [6, 6.07) is 7.40. The van der Waals surface area contributed by atoms with Crippen LogP contribution in [0.1, 0.15) is 0 Å². The number of aromatic amines is 1. The number of rotatable bonds is 1. The minimum Gasteiger partial charge on any atom is -0.610 e. The number of H-pyrrole nitrogens is 1. The fourth-order valence-corrected chi connectivity index (χ4v) is 1.96. The summed E-state index contributed by atoms with van der Waals surface area (Å²) in [6.45, 7) is 0. The zero-order valence-electron chi connectivity index (χ0n) is 7.00. The van der Waals surface area contributed by atoms with Crippen LogP contribution in [0.3, 0.4) is 0 Å². The summed E-state index contributed by atoms with van der Waals surface area (Å²) >= 11 is 4.85. The molecule has 68 valence electrons. The Labute approximate surface area is 84.1 Å². The van der Waals surface area contributed by atoms with E-state index in [1.807, 2.05) is 24.3 Å². The third kappa shape index (κ3) is 1.68. The third-order valence-corrected chi connectivity index (χ3v) is 2.94. The molecule has 1 unspecified atom stereocenters. The highest BCUT2D eigenvalue weighted by molar-refractivity contribution is 7.90. The van der Waals surface area contributed by atoms with Crippen molar-refractivity contribution in [1.29, 1.82) is 0 Å². The molecule has 1 aromatic heterocycles. The molecular formula is C9H8ClNOS. The molecule has 1 N–H and O–H groups in total. The Morgan fingerprint density at radius 2 is 2.15 bits per heavy atom. The van der Waals surface area contributed by atoms with Gasteiger partial charge in [-0.05, 0) is 29.4 Å². The molecule has 0 saturated carbocycles. The molecule has 0 aliphatic rings. The zero-order chi connectivity index (χ0) is 9.42. The van der Waals surface area contributed by atoms with E-state index in [-0.39, 0.29) is 0 Å². The molecule has 2 aromatic rings. The molecule has 4 heteroatoms. The van der Waals surface area contributed by atoms with E-state index >= 15 is 0 Å². The van der Waals surface area contributed by atoms with Gasteiger partial charge in [0, 0.05) is 22.0 Å². The highest BCUT2D eigenvalue weighted by atomic mass is 35.5. The molecule has 0 amide bonds. The first-order valence-corrected chi connectivity index (χ1v) is 5.72. The van der Waals surface area contributed by atoms with Crippen LogP contribution in [0, 0.1) is 0 Å². The average molecular weight is 214 g/mol. The van der Waals surface area contributed by atoms with E-state index in [2.05, 4.69) is 4.98 Å². The first-order valence-electron chi connectivity index (χ1n) is 3.78. The van der Waals surface area contributed by atoms with Gasteiger partial charge in [0.15, 0.2) is 0 Å². The smallest absolute Gasteiger partial charge is 0.223 e. The van der Waals surface area contributed by atoms with E-state index in [0.717, 1.165) is 15.9 Å². The number of benzene rings is 1. The summed E-state index contributed by atoms with van der Waals surface area (Å²) < 4.78 is 11.1. The Morgan fingerprint density at radius 1 is 1.38 bits per heavy atom. The second kappa shape index (κ2) is 3.25. The number of aromatic nitrogens is 1. The summed E-state index contributed by atoms with van der Waals surface area (Å²) in [5.41, 5.74) is 0.967. The summed E-state index contributed by atoms with van der Waals surface area (Å²) in [5.74, 6) is 0. The Morgan fingerprint density at radius 3 is 2.85 bits per heavy atom. The molecule has 0 spiro atoms. The van der Waals surface area contributed by atoms with Crippen molar-refractivity contribution in [2.24, 2.45) is 0 Å². The molecule has 2 rings (SSSR count). The molecule has 0 saturated heterocycles. The molecule has 1 heterocycles. The van der Waals surface area contributed by atoms with Gasteiger partial charge in [-0.25, -0.2) is 0 Å². The van der Waals surface area contributed by atoms with Crippen LogP contribution >= 0.6 is 11.6 Å². The van der Waals surface area contributed by atoms with Crippen LogP contribution in [0.4, 0.5) is 0 Å². The Balaban J connectivity index is 2.62. The maximum Gasteiger partial charge on any atom is 0.223 e. The molecule has 0 aliphatic carbocycles. The fraction of sp³-hybridized carbons (Fsp3) is 0.111. The summed E-state index contributed by atoms with van der Waals surface area (Å²) in [5, 5.41) is 2.43. The van der Waals surface area contributed by atoms with Crippen molar-refractivity contribution in [3.8, 4) is 0 Å². The van der Waals surface area contributed by atoms with Crippen molar-refractivity contribution in [3.05, 3.63) is 29.3 Å². The molecule has 2 nitrogen and oxygen atoms in total. The van der Waals surface area contributed by atoms with E-state index in [4.69, 9.17) is 11.6 Å². The molecule has 1 aromatic carbocycles. The van der Waals surface area contributed by atoms with Crippen molar-refractivity contribution in [3.63, 3.8) is 0 Å². The van der Waals surface area contributed by atoms with Crippen LogP contribution in [-0.2, 0) is 11.2 Å². The fourth-order valence-electron chi connectivity index (χ4n) is 1.23. The van der Waals surface area contributed by atoms with Gasteiger partial charge in [0.2, 0.25) is 5.03 Å². The first-order chi connectivity index (χ1) is 6.16. The summed E-state index contributed by atoms with van der Waals surface area (Å²) in [7, 11) is 0. The predicted octanol–water partition coefficient (Wildman–Crippen LogP) is 2.56. The monoisotopic (exact) mass is 213 g/mol. The van der Waals surface area contributed by atoms with Gasteiger partial charge in [-0.15, -0.1) is 0 Å². The highest BCUT2D eigenvalue weighted by Gasteiger charge is 2.08. The topological polar surface area (TPSA) is 38.8 Å². The van der Waals surface area contributed by atoms with Crippen LogP contribution in [0.25, 0.3) is 10.9 Å². The van der Waals surface area contributed by atoms with Gasteiger partial charge in [-0.3, -0.25) is 0 Å². The van der Waals surface area contributed by atoms with E-state index < -0.39 is 11.2 Å². The first kappa shape index (κ1) is 8.94. The van der Waals surface area contributed by atoms with Crippen LogP contribution in [0.2, 0.25) is 5.02 Å². The number of nitrogens with one attached hydrogen (secondary N) is 1. The number of halogens is 1. The number of hydrogen-bond acceptors (Lipinski definition) is 1. The van der Waals surface area contributed by atoms with Crippen molar-refractivity contribution in [2.75, 3.05) is 6.26 Å². The van der Waals surface area contributed by atoms with Gasteiger partial charge < -0.3 is 9.54 Å². The lowest BCUT2D eigenvalue weighted by molar-refractivity contribution is 0.598. The van der Waals surface area contributed by atoms with Crippen molar-refractivity contribution in [1.82, 2.24) is 4.98 Å². The lowest BCUT2D eigenvalue weighted by atomic mass is 10.2. The zero-order valence-corrected chi connectivity index (χ0v) is 8.58. The van der Waals surface area contributed by atoms with E-state index in [9.17, 15) is 4.55 Å². The predicted molar refractivity (Wildman–Crippen MR) is 55.6 cm³/mol. The van der Waals surface area contributed by atoms with Gasteiger partial charge in [-0.1, -0.05) is 11.6 Å². The lowest BCUT2D eigenvalue weighted by Gasteiger charge is -1.97. The molecule has 0 fully saturated rings. The minimum absolute atomic E-state index is 0.694. The molecule has 0 bridgehead atoms. The molecule has 0 radical (unpaired) electrons. The molecule has 0 aliphatic heterocycles. The Bertz CT molecular complexity index is 438. The molecule has 13 heavy (non-hydrogen) atoms. The second-order valence-corrected chi connectivity index (χ2v) is 4.60. The van der Waals surface area contributed by atoms with Crippen LogP contribution in [-0.4, -0.2) is 15.8 Å². The van der Waals surface area contributed by atoms with E-state index in [1.165, 1.54) is 0 Å². The van der Waals surface area contributed by atoms with Gasteiger partial charge in [0.25, 0.3) is 0 Å². The van der Waals surface area contributed by atoms with Gasteiger partial charge >= 0.3 is 0 Å². The van der Waals surface area contributed by atoms with Crippen molar-refractivity contribution < 1.29 is 4.55 Å². The second-order valence-electron chi connectivity index (χ2n) is 2.82. The lowest BCUT2D eigenvalue weighted by Crippen LogP contribution is -1.96. The SMILES string of the molecule is C[S+]([O-])c1cc2cc(Cl)ccc2[nH]1. The summed E-state index contributed by atoms with van der Waals surface area (Å²) in [4.78, 5) is 3.06. The largest absolute Gasteiger partial charge is 0.610 e. The van der Waals surface area contributed by atoms with E-state index in [1.54, 1.807) is 6.26 Å². The Kier molecular flexibility index (Phi) is 2.24. The third-order valence-electron chi connectivity index (χ3n) is 1.87. The number of fused-ring (bicyclic) bond motifs is 1. The van der Waals surface area contributed by atoms with Crippen molar-refractivity contribution in [2.45, 2.75) is 5.03 Å². The summed E-state index contributed by atoms with van der Waals surface area (Å²) in [6.07, 6.45) is 1.65. The number of hydrogen-bond donors (Lipinski definition) is 1.